The summed E-state index contributed by atoms with van der Waals surface area (Å²) in [4.78, 5) is 94.5. The summed E-state index contributed by atoms with van der Waals surface area (Å²) >= 11 is 0. The molecule has 3 aromatic carbocycles. The fraction of sp³-hybridized carbons (Fsp3) is 0.515. The van der Waals surface area contributed by atoms with Gasteiger partial charge in [0.15, 0.2) is 0 Å². The number of halogens is 1. The molecule has 0 unspecified atom stereocenters. The first kappa shape index (κ1) is 75.5. The quantitative estimate of drug-likeness (QED) is 0.0364. The van der Waals surface area contributed by atoms with Gasteiger partial charge in [0, 0.05) is 125 Å². The lowest BCUT2D eigenvalue weighted by atomic mass is 10.0. The standard InChI is InChI=1S/C26H37N7O6.C21H29N7O4.C19H22FN5O6/c1-26(2,3)39-25(34)32-15-18(16-32)38-23-7-10-27-24(29-23)28-19-13-21(33(35)36)20(14-22(19)37-6)31-11-8-17(9-12-31)30(4)5;1-26(2)14-5-8-27(9-6-14)17-11-19(31-3)16(10-18(17)28(29)30)24-21-23-7-4-20(25-21)32-15-12-22-13-15;1-19(2,3)31-18(26)24-9-11(10-24)30-16-5-6-21-17(23-16)22-13-8-14(25(27)28)12(20)7-15(13)29-4/h7,10,13-14,17-18H,8-9,11-12,15-16H2,1-6H3,(H,27,28,29);4,7,10-11,14-15,22H,5-6,8-9,12-13H2,1-3H3,(H,23,24,25);5-8,11H,9-10H2,1-4H3,(H,21,22,23). The van der Waals surface area contributed by atoms with Gasteiger partial charge < -0.3 is 88.6 Å². The van der Waals surface area contributed by atoms with E-state index in [0.29, 0.717) is 97.4 Å². The molecule has 5 aliphatic rings. The average Bonchev–Trinajstić information content (AvgIpc) is 0.800. The van der Waals surface area contributed by atoms with E-state index in [0.717, 1.165) is 64.0 Å². The van der Waals surface area contributed by atoms with Crippen molar-refractivity contribution < 1.29 is 66.6 Å². The van der Waals surface area contributed by atoms with Crippen molar-refractivity contribution in [3.05, 3.63) is 109 Å². The van der Waals surface area contributed by atoms with Crippen molar-refractivity contribution in [2.45, 2.75) is 109 Å². The number of nitrogens with one attached hydrogen (secondary N) is 4. The van der Waals surface area contributed by atoms with E-state index in [1.807, 2.05) is 25.7 Å². The lowest BCUT2D eigenvalue weighted by Crippen LogP contribution is -2.57. The first-order chi connectivity index (χ1) is 48.4. The van der Waals surface area contributed by atoms with Gasteiger partial charge in [-0.3, -0.25) is 30.3 Å². The number of benzene rings is 3. The number of methoxy groups -OCH3 is 3. The summed E-state index contributed by atoms with van der Waals surface area (Å²) < 4.78 is 58.0. The number of carbonyl (C=O) groups excluding carboxylic acids is 2. The second-order valence-electron chi connectivity index (χ2n) is 26.9. The molecule has 3 aromatic heterocycles. The molecular weight excluding hydrogens is 1330 g/mol. The second-order valence-corrected chi connectivity index (χ2v) is 26.9. The minimum absolute atomic E-state index is 0.0181. The van der Waals surface area contributed by atoms with Gasteiger partial charge in [-0.05, 0) is 95.4 Å². The molecule has 0 radical (unpaired) electrons. The number of piperidine rings is 2. The minimum Gasteiger partial charge on any atom is -0.494 e. The Bertz CT molecular complexity index is 3930. The summed E-state index contributed by atoms with van der Waals surface area (Å²) in [5, 5.41) is 46.9. The van der Waals surface area contributed by atoms with Gasteiger partial charge in [0.25, 0.3) is 11.4 Å². The summed E-state index contributed by atoms with van der Waals surface area (Å²) in [6.45, 7) is 16.8. The molecule has 5 saturated heterocycles. The van der Waals surface area contributed by atoms with Crippen LogP contribution in [0.2, 0.25) is 0 Å². The Balaban J connectivity index is 0.000000179. The summed E-state index contributed by atoms with van der Waals surface area (Å²) in [7, 11) is 12.6. The Morgan fingerprint density at radius 3 is 1.14 bits per heavy atom. The zero-order chi connectivity index (χ0) is 73.7. The number of hydrogen-bond acceptors (Lipinski definition) is 30. The number of rotatable bonds is 22. The molecular formula is C66H88FN19O16. The van der Waals surface area contributed by atoms with Crippen molar-refractivity contribution in [2.24, 2.45) is 0 Å². The van der Waals surface area contributed by atoms with Crippen LogP contribution in [0, 0.1) is 36.2 Å². The van der Waals surface area contributed by atoms with Gasteiger partial charge in [0.05, 0.1) is 79.3 Å². The van der Waals surface area contributed by atoms with Crippen LogP contribution in [0.5, 0.6) is 34.9 Å². The van der Waals surface area contributed by atoms with Crippen molar-refractivity contribution in [2.75, 3.05) is 141 Å². The molecule has 102 heavy (non-hydrogen) atoms. The number of ether oxygens (including phenoxy) is 8. The number of nitrogens with zero attached hydrogens (tertiary/aromatic N) is 15. The summed E-state index contributed by atoms with van der Waals surface area (Å²) in [5.41, 5.74) is 0.138. The Morgan fingerprint density at radius 1 is 0.520 bits per heavy atom. The number of carbonyl (C=O) groups is 2. The molecule has 550 valence electrons. The zero-order valence-corrected chi connectivity index (χ0v) is 59.3. The maximum Gasteiger partial charge on any atom is 0.410 e. The molecule has 35 nitrogen and oxygen atoms in total. The van der Waals surface area contributed by atoms with Crippen LogP contribution in [-0.4, -0.2) is 233 Å². The van der Waals surface area contributed by atoms with Crippen LogP contribution >= 0.6 is 0 Å². The molecule has 0 aliphatic carbocycles. The Labute approximate surface area is 588 Å². The van der Waals surface area contributed by atoms with Crippen LogP contribution in [-0.2, 0) is 9.47 Å². The van der Waals surface area contributed by atoms with Gasteiger partial charge in [0.1, 0.15) is 58.1 Å². The number of nitro groups is 3. The molecule has 4 N–H and O–H groups in total. The van der Waals surface area contributed by atoms with E-state index in [9.17, 15) is 44.3 Å². The van der Waals surface area contributed by atoms with Crippen LogP contribution < -0.4 is 59.5 Å². The van der Waals surface area contributed by atoms with Crippen LogP contribution in [0.4, 0.5) is 77.3 Å². The van der Waals surface area contributed by atoms with Gasteiger partial charge in [0.2, 0.25) is 41.3 Å². The van der Waals surface area contributed by atoms with Gasteiger partial charge in [-0.2, -0.15) is 19.3 Å². The van der Waals surface area contributed by atoms with Crippen molar-refractivity contribution in [1.82, 2.24) is 54.8 Å². The predicted molar refractivity (Wildman–Crippen MR) is 374 cm³/mol. The number of anilines is 8. The Morgan fingerprint density at radius 2 is 0.843 bits per heavy atom. The first-order valence-corrected chi connectivity index (χ1v) is 33.0. The SMILES string of the molecule is COc1cc(F)c([N+](=O)[O-])cc1Nc1nccc(OC2CN(C(=O)OC(C)(C)C)C2)n1.COc1cc(N2CCC(N(C)C)CC2)c([N+](=O)[O-])cc1Nc1nccc(OC2CN(C(=O)OC(C)(C)C)C2)n1.COc1cc(N2CCC(N(C)C)CC2)c([N+](=O)[O-])cc1Nc1nccc(OC2CNC2)n1. The molecule has 5 fully saturated rings. The number of likely N-dealkylation sites (tertiary alicyclic amines) is 2. The van der Waals surface area contributed by atoms with Crippen molar-refractivity contribution >= 4 is 75.5 Å². The maximum absolute atomic E-state index is 13.8. The molecule has 0 saturated carbocycles. The number of aromatic nitrogens is 6. The normalized spacial score (nSPS) is 16.0. The monoisotopic (exact) mass is 1420 g/mol. The third-order valence-electron chi connectivity index (χ3n) is 16.8. The Kier molecular flexibility index (Phi) is 24.5. The van der Waals surface area contributed by atoms with Crippen molar-refractivity contribution in [3.63, 3.8) is 0 Å². The molecule has 2 amide bonds. The topological polar surface area (TPSA) is 382 Å². The van der Waals surface area contributed by atoms with E-state index in [1.54, 1.807) is 63.2 Å². The Hall–Kier alpha value is -10.8. The maximum atomic E-state index is 13.8. The van der Waals surface area contributed by atoms with Crippen LogP contribution in [0.3, 0.4) is 0 Å². The molecule has 0 spiro atoms. The highest BCUT2D eigenvalue weighted by Gasteiger charge is 2.38. The molecule has 11 rings (SSSR count). The molecule has 8 heterocycles. The third kappa shape index (κ3) is 20.3. The highest BCUT2D eigenvalue weighted by molar-refractivity contribution is 5.78. The lowest BCUT2D eigenvalue weighted by Gasteiger charge is -2.39. The molecule has 0 atom stereocenters. The van der Waals surface area contributed by atoms with E-state index in [1.165, 1.54) is 49.7 Å². The summed E-state index contributed by atoms with van der Waals surface area (Å²) in [6, 6.07) is 14.0. The third-order valence-corrected chi connectivity index (χ3v) is 16.8. The smallest absolute Gasteiger partial charge is 0.410 e. The highest BCUT2D eigenvalue weighted by Crippen LogP contribution is 2.43. The summed E-state index contributed by atoms with van der Waals surface area (Å²) in [5.74, 6) is 1.49. The van der Waals surface area contributed by atoms with Gasteiger partial charge in [-0.25, -0.2) is 24.5 Å². The molecule has 0 bridgehead atoms. The lowest BCUT2D eigenvalue weighted by molar-refractivity contribution is -0.387. The second kappa shape index (κ2) is 33.2. The van der Waals surface area contributed by atoms with Crippen LogP contribution in [0.25, 0.3) is 0 Å². The zero-order valence-electron chi connectivity index (χ0n) is 59.3. The molecule has 6 aromatic rings. The van der Waals surface area contributed by atoms with Gasteiger partial charge in [-0.15, -0.1) is 0 Å². The fourth-order valence-corrected chi connectivity index (χ4v) is 11.2. The van der Waals surface area contributed by atoms with Gasteiger partial charge in [-0.1, -0.05) is 0 Å². The number of hydrogen-bond donors (Lipinski definition) is 4. The minimum atomic E-state index is -1.02. The van der Waals surface area contributed by atoms with E-state index < -0.39 is 33.7 Å². The molecule has 5 aliphatic heterocycles. The molecule has 36 heteroatoms. The summed E-state index contributed by atoms with van der Waals surface area (Å²) in [6.07, 6.45) is 7.07. The fourth-order valence-electron chi connectivity index (χ4n) is 11.2. The highest BCUT2D eigenvalue weighted by atomic mass is 19.1. The van der Waals surface area contributed by atoms with E-state index in [-0.39, 0.29) is 80.8 Å². The van der Waals surface area contributed by atoms with E-state index in [4.69, 9.17) is 37.9 Å². The van der Waals surface area contributed by atoms with Gasteiger partial charge >= 0.3 is 17.9 Å². The largest absolute Gasteiger partial charge is 0.494 e. The number of amides is 2. The van der Waals surface area contributed by atoms with Crippen molar-refractivity contribution in [3.8, 4) is 34.9 Å². The van der Waals surface area contributed by atoms with Crippen molar-refractivity contribution in [1.29, 1.82) is 0 Å². The predicted octanol–water partition coefficient (Wildman–Crippen LogP) is 8.96. The number of nitro benzene ring substituents is 3. The van der Waals surface area contributed by atoms with Crippen LogP contribution in [0.15, 0.2) is 73.2 Å². The van der Waals surface area contributed by atoms with E-state index >= 15 is 0 Å². The van der Waals surface area contributed by atoms with Crippen LogP contribution in [0.1, 0.15) is 67.2 Å². The van der Waals surface area contributed by atoms with E-state index in [2.05, 4.69) is 94.1 Å². The first-order valence-electron chi connectivity index (χ1n) is 33.0. The average molecular weight is 1420 g/mol.